The third-order valence-corrected chi connectivity index (χ3v) is 5.88. The van der Waals surface area contributed by atoms with Crippen LogP contribution >= 0.6 is 11.6 Å². The fourth-order valence-corrected chi connectivity index (χ4v) is 4.60. The van der Waals surface area contributed by atoms with Crippen LogP contribution in [0.2, 0.25) is 5.02 Å². The van der Waals surface area contributed by atoms with E-state index in [2.05, 4.69) is 10.1 Å². The van der Waals surface area contributed by atoms with E-state index in [4.69, 9.17) is 16.1 Å². The lowest BCUT2D eigenvalue weighted by molar-refractivity contribution is 0.297. The van der Waals surface area contributed by atoms with E-state index in [9.17, 15) is 8.42 Å². The molecule has 0 saturated carbocycles. The molecule has 1 unspecified atom stereocenters. The Labute approximate surface area is 127 Å². The first-order valence-corrected chi connectivity index (χ1v) is 8.36. The zero-order chi connectivity index (χ0) is 15.0. The van der Waals surface area contributed by atoms with E-state index < -0.39 is 10.0 Å². The van der Waals surface area contributed by atoms with Gasteiger partial charge in [0, 0.05) is 25.0 Å². The van der Waals surface area contributed by atoms with Crippen LogP contribution in [0.3, 0.4) is 0 Å². The van der Waals surface area contributed by atoms with Crippen molar-refractivity contribution >= 4 is 21.6 Å². The van der Waals surface area contributed by atoms with E-state index in [0.29, 0.717) is 18.7 Å². The maximum absolute atomic E-state index is 12.8. The molecular formula is C13H14ClN3O3S. The molecule has 0 N–H and O–H groups in total. The second kappa shape index (κ2) is 5.40. The summed E-state index contributed by atoms with van der Waals surface area (Å²) in [5.74, 6) is 0.564. The lowest BCUT2D eigenvalue weighted by atomic mass is 10.2. The summed E-state index contributed by atoms with van der Waals surface area (Å²) in [5.41, 5.74) is 0.730. The monoisotopic (exact) mass is 327 g/mol. The first-order valence-electron chi connectivity index (χ1n) is 6.55. The quantitative estimate of drug-likeness (QED) is 0.866. The van der Waals surface area contributed by atoms with Crippen molar-refractivity contribution in [3.63, 3.8) is 0 Å². The van der Waals surface area contributed by atoms with Crippen LogP contribution in [-0.2, 0) is 10.0 Å². The van der Waals surface area contributed by atoms with Gasteiger partial charge in [0.2, 0.25) is 10.0 Å². The van der Waals surface area contributed by atoms with E-state index in [1.165, 1.54) is 22.8 Å². The molecule has 3 heterocycles. The third kappa shape index (κ3) is 2.56. The summed E-state index contributed by atoms with van der Waals surface area (Å²) >= 11 is 6.00. The van der Waals surface area contributed by atoms with Crippen molar-refractivity contribution in [3.05, 3.63) is 41.0 Å². The summed E-state index contributed by atoms with van der Waals surface area (Å²) in [7, 11) is -3.71. The summed E-state index contributed by atoms with van der Waals surface area (Å²) in [6.07, 6.45) is 4.20. The highest BCUT2D eigenvalue weighted by molar-refractivity contribution is 7.89. The highest BCUT2D eigenvalue weighted by atomic mass is 35.5. The molecule has 1 aliphatic heterocycles. The summed E-state index contributed by atoms with van der Waals surface area (Å²) in [4.78, 5) is 3.88. The van der Waals surface area contributed by atoms with Gasteiger partial charge >= 0.3 is 0 Å². The van der Waals surface area contributed by atoms with Crippen LogP contribution in [0, 0.1) is 6.92 Å². The topological polar surface area (TPSA) is 76.3 Å². The predicted octanol–water partition coefficient (Wildman–Crippen LogP) is 2.56. The Balaban J connectivity index is 2.00. The second-order valence-electron chi connectivity index (χ2n) is 4.95. The van der Waals surface area contributed by atoms with E-state index in [-0.39, 0.29) is 16.0 Å². The summed E-state index contributed by atoms with van der Waals surface area (Å²) in [6.45, 7) is 2.23. The summed E-state index contributed by atoms with van der Waals surface area (Å²) in [6, 6.07) is 2.90. The Bertz CT molecular complexity index is 760. The molecule has 0 bridgehead atoms. The molecule has 0 radical (unpaired) electrons. The van der Waals surface area contributed by atoms with Crippen molar-refractivity contribution in [1.82, 2.24) is 14.4 Å². The van der Waals surface area contributed by atoms with Gasteiger partial charge in [-0.1, -0.05) is 16.8 Å². The fraction of sp³-hybridized carbons (Fsp3) is 0.385. The Hall–Kier alpha value is -1.44. The van der Waals surface area contributed by atoms with E-state index in [0.717, 1.165) is 12.1 Å². The number of sulfonamides is 1. The minimum atomic E-state index is -3.71. The molecule has 8 heteroatoms. The average molecular weight is 328 g/mol. The summed E-state index contributed by atoms with van der Waals surface area (Å²) < 4.78 is 32.2. The van der Waals surface area contributed by atoms with Gasteiger partial charge in [-0.25, -0.2) is 8.42 Å². The maximum atomic E-state index is 12.8. The standard InChI is InChI=1S/C13H14ClN3O3S/c1-9-7-12(20-16-9)11-3-2-6-17(11)21(18,19)13-8-15-5-4-10(13)14/h4-5,7-8,11H,2-3,6H2,1H3. The zero-order valence-electron chi connectivity index (χ0n) is 11.4. The number of hydrogen-bond donors (Lipinski definition) is 0. The van der Waals surface area contributed by atoms with Crippen LogP contribution in [0.1, 0.15) is 30.3 Å². The molecule has 0 spiro atoms. The van der Waals surface area contributed by atoms with Crippen molar-refractivity contribution in [2.24, 2.45) is 0 Å². The third-order valence-electron chi connectivity index (χ3n) is 3.50. The number of hydrogen-bond acceptors (Lipinski definition) is 5. The smallest absolute Gasteiger partial charge is 0.246 e. The van der Waals surface area contributed by atoms with E-state index in [1.807, 2.05) is 0 Å². The molecule has 3 rings (SSSR count). The van der Waals surface area contributed by atoms with Crippen molar-refractivity contribution in [2.75, 3.05) is 6.54 Å². The van der Waals surface area contributed by atoms with Crippen LogP contribution in [0.5, 0.6) is 0 Å². The maximum Gasteiger partial charge on any atom is 0.246 e. The second-order valence-corrected chi connectivity index (χ2v) is 7.22. The van der Waals surface area contributed by atoms with Crippen LogP contribution in [-0.4, -0.2) is 29.4 Å². The highest BCUT2D eigenvalue weighted by Crippen LogP contribution is 2.37. The molecule has 0 amide bonds. The molecule has 21 heavy (non-hydrogen) atoms. The van der Waals surface area contributed by atoms with Gasteiger partial charge in [-0.05, 0) is 25.8 Å². The van der Waals surface area contributed by atoms with Gasteiger partial charge in [0.15, 0.2) is 5.76 Å². The van der Waals surface area contributed by atoms with Gasteiger partial charge in [-0.2, -0.15) is 4.31 Å². The van der Waals surface area contributed by atoms with E-state index >= 15 is 0 Å². The Morgan fingerprint density at radius 2 is 2.29 bits per heavy atom. The molecule has 1 saturated heterocycles. The van der Waals surface area contributed by atoms with Gasteiger partial charge in [-0.15, -0.1) is 0 Å². The van der Waals surface area contributed by atoms with Crippen molar-refractivity contribution in [1.29, 1.82) is 0 Å². The number of nitrogens with zero attached hydrogens (tertiary/aromatic N) is 3. The SMILES string of the molecule is Cc1cc(C2CCCN2S(=O)(=O)c2cnccc2Cl)on1. The lowest BCUT2D eigenvalue weighted by Crippen LogP contribution is -2.30. The number of halogens is 1. The van der Waals surface area contributed by atoms with Crippen molar-refractivity contribution in [2.45, 2.75) is 30.7 Å². The van der Waals surface area contributed by atoms with E-state index in [1.54, 1.807) is 13.0 Å². The summed E-state index contributed by atoms with van der Waals surface area (Å²) in [5, 5.41) is 4.00. The molecule has 2 aromatic rings. The fourth-order valence-electron chi connectivity index (χ4n) is 2.53. The van der Waals surface area contributed by atoms with Gasteiger partial charge in [0.25, 0.3) is 0 Å². The predicted molar refractivity (Wildman–Crippen MR) is 76.4 cm³/mol. The van der Waals surface area contributed by atoms with Gasteiger partial charge < -0.3 is 4.52 Å². The zero-order valence-corrected chi connectivity index (χ0v) is 12.9. The number of rotatable bonds is 3. The minimum Gasteiger partial charge on any atom is -0.359 e. The first kappa shape index (κ1) is 14.5. The van der Waals surface area contributed by atoms with Crippen molar-refractivity contribution < 1.29 is 12.9 Å². The molecule has 1 fully saturated rings. The molecule has 0 aliphatic carbocycles. The van der Waals surface area contributed by atoms with Gasteiger partial charge in [0.05, 0.1) is 16.8 Å². The first-order chi connectivity index (χ1) is 10.00. The van der Waals surface area contributed by atoms with Crippen LogP contribution in [0.25, 0.3) is 0 Å². The normalized spacial score (nSPS) is 20.0. The largest absolute Gasteiger partial charge is 0.359 e. The number of aryl methyl sites for hydroxylation is 1. The average Bonchev–Trinajstić information content (AvgIpc) is 3.07. The Morgan fingerprint density at radius 1 is 1.48 bits per heavy atom. The Kier molecular flexibility index (Phi) is 3.73. The molecule has 6 nitrogen and oxygen atoms in total. The highest BCUT2D eigenvalue weighted by Gasteiger charge is 2.39. The number of pyridine rings is 1. The molecular weight excluding hydrogens is 314 g/mol. The molecule has 112 valence electrons. The van der Waals surface area contributed by atoms with Crippen LogP contribution < -0.4 is 0 Å². The number of aromatic nitrogens is 2. The molecule has 2 aromatic heterocycles. The minimum absolute atomic E-state index is 0.0230. The van der Waals surface area contributed by atoms with Crippen molar-refractivity contribution in [3.8, 4) is 0 Å². The van der Waals surface area contributed by atoms with Crippen LogP contribution in [0.15, 0.2) is 33.9 Å². The molecule has 1 aliphatic rings. The van der Waals surface area contributed by atoms with Gasteiger partial charge in [-0.3, -0.25) is 4.98 Å². The molecule has 0 aromatic carbocycles. The lowest BCUT2D eigenvalue weighted by Gasteiger charge is -2.22. The van der Waals surface area contributed by atoms with Gasteiger partial charge in [0.1, 0.15) is 4.90 Å². The van der Waals surface area contributed by atoms with Crippen LogP contribution in [0.4, 0.5) is 0 Å². The molecule has 1 atom stereocenters. The Morgan fingerprint density at radius 3 is 2.95 bits per heavy atom.